The molecule has 0 atom stereocenters. The van der Waals surface area contributed by atoms with Crippen molar-refractivity contribution in [2.75, 3.05) is 5.88 Å². The molecule has 0 amide bonds. The molecule has 0 unspecified atom stereocenters. The van der Waals surface area contributed by atoms with Crippen molar-refractivity contribution in [2.24, 2.45) is 5.41 Å². The fourth-order valence-electron chi connectivity index (χ4n) is 1.94. The standard InChI is InChI=1S/C17H20ClFN2O2/c1-4-6-13-10-15(23-16(22)17(2,3)11-18)21(20-13)14-8-5-7-12(19)9-14/h5,7-10H,4,6,11H2,1-3H3. The summed E-state index contributed by atoms with van der Waals surface area (Å²) in [6.07, 6.45) is 1.65. The molecule has 6 heteroatoms. The van der Waals surface area contributed by atoms with Gasteiger partial charge in [0.1, 0.15) is 5.82 Å². The van der Waals surface area contributed by atoms with Crippen LogP contribution >= 0.6 is 11.6 Å². The van der Waals surface area contributed by atoms with Gasteiger partial charge in [-0.2, -0.15) is 5.10 Å². The van der Waals surface area contributed by atoms with E-state index in [1.54, 1.807) is 32.0 Å². The van der Waals surface area contributed by atoms with Crippen molar-refractivity contribution in [3.63, 3.8) is 0 Å². The number of carbonyl (C=O) groups excluding carboxylic acids is 1. The van der Waals surface area contributed by atoms with Gasteiger partial charge in [-0.15, -0.1) is 11.6 Å². The number of nitrogens with zero attached hydrogens (tertiary/aromatic N) is 2. The second-order valence-corrected chi connectivity index (χ2v) is 6.29. The molecule has 4 nitrogen and oxygen atoms in total. The Labute approximate surface area is 140 Å². The first-order valence-corrected chi connectivity index (χ1v) is 8.04. The van der Waals surface area contributed by atoms with Crippen LogP contribution in [0.2, 0.25) is 0 Å². The van der Waals surface area contributed by atoms with Crippen LogP contribution in [0.25, 0.3) is 5.69 Å². The Hall–Kier alpha value is -1.88. The first-order valence-electron chi connectivity index (χ1n) is 7.50. The molecule has 1 aromatic heterocycles. The van der Waals surface area contributed by atoms with Gasteiger partial charge in [-0.05, 0) is 38.5 Å². The quantitative estimate of drug-likeness (QED) is 0.587. The SMILES string of the molecule is CCCc1cc(OC(=O)C(C)(C)CCl)n(-c2cccc(F)c2)n1. The lowest BCUT2D eigenvalue weighted by Crippen LogP contribution is -2.31. The van der Waals surface area contributed by atoms with E-state index in [4.69, 9.17) is 16.3 Å². The van der Waals surface area contributed by atoms with Crippen molar-refractivity contribution in [3.05, 3.63) is 41.8 Å². The lowest BCUT2D eigenvalue weighted by Gasteiger charge is -2.19. The normalized spacial score (nSPS) is 11.5. The number of esters is 1. The number of aromatic nitrogens is 2. The number of ether oxygens (including phenoxy) is 1. The highest BCUT2D eigenvalue weighted by Gasteiger charge is 2.30. The Morgan fingerprint density at radius 2 is 2.13 bits per heavy atom. The molecule has 2 aromatic rings. The molecular formula is C17H20ClFN2O2. The van der Waals surface area contributed by atoms with E-state index >= 15 is 0 Å². The van der Waals surface area contributed by atoms with Crippen molar-refractivity contribution >= 4 is 17.6 Å². The van der Waals surface area contributed by atoms with Crippen LogP contribution in [-0.4, -0.2) is 21.6 Å². The summed E-state index contributed by atoms with van der Waals surface area (Å²) < 4.78 is 20.4. The lowest BCUT2D eigenvalue weighted by atomic mass is 9.97. The van der Waals surface area contributed by atoms with E-state index in [2.05, 4.69) is 5.10 Å². The zero-order chi connectivity index (χ0) is 17.0. The van der Waals surface area contributed by atoms with Crippen molar-refractivity contribution in [1.82, 2.24) is 9.78 Å². The Balaban J connectivity index is 2.40. The maximum atomic E-state index is 13.5. The van der Waals surface area contributed by atoms with Gasteiger partial charge in [-0.1, -0.05) is 19.4 Å². The van der Waals surface area contributed by atoms with E-state index < -0.39 is 11.4 Å². The largest absolute Gasteiger partial charge is 0.407 e. The molecule has 1 aromatic carbocycles. The van der Waals surface area contributed by atoms with E-state index in [0.29, 0.717) is 5.69 Å². The predicted octanol–water partition coefficient (Wildman–Crippen LogP) is 4.13. The number of aryl methyl sites for hydroxylation is 1. The molecule has 0 N–H and O–H groups in total. The third-order valence-electron chi connectivity index (χ3n) is 3.37. The smallest absolute Gasteiger partial charge is 0.319 e. The summed E-state index contributed by atoms with van der Waals surface area (Å²) in [6, 6.07) is 7.68. The molecule has 0 saturated carbocycles. The Morgan fingerprint density at radius 3 is 2.74 bits per heavy atom. The minimum Gasteiger partial charge on any atom is -0.407 e. The van der Waals surface area contributed by atoms with Crippen LogP contribution in [-0.2, 0) is 11.2 Å². The molecule has 0 radical (unpaired) electrons. The Kier molecular flexibility index (Phi) is 5.42. The predicted molar refractivity (Wildman–Crippen MR) is 87.7 cm³/mol. The molecule has 0 aliphatic carbocycles. The molecule has 23 heavy (non-hydrogen) atoms. The van der Waals surface area contributed by atoms with Gasteiger partial charge < -0.3 is 4.74 Å². The molecule has 1 heterocycles. The van der Waals surface area contributed by atoms with Crippen LogP contribution in [0.15, 0.2) is 30.3 Å². The minimum absolute atomic E-state index is 0.141. The number of rotatable bonds is 6. The first kappa shape index (κ1) is 17.5. The summed E-state index contributed by atoms with van der Waals surface area (Å²) in [5.41, 5.74) is 0.464. The average Bonchev–Trinajstić information content (AvgIpc) is 2.90. The zero-order valence-electron chi connectivity index (χ0n) is 13.5. The molecule has 2 rings (SSSR count). The van der Waals surface area contributed by atoms with Gasteiger partial charge >= 0.3 is 5.97 Å². The van der Waals surface area contributed by atoms with Crippen LogP contribution in [0, 0.1) is 11.2 Å². The van der Waals surface area contributed by atoms with Crippen LogP contribution < -0.4 is 4.74 Å². The molecular weight excluding hydrogens is 319 g/mol. The average molecular weight is 339 g/mol. The van der Waals surface area contributed by atoms with E-state index in [9.17, 15) is 9.18 Å². The second kappa shape index (κ2) is 7.13. The molecule has 0 aliphatic rings. The van der Waals surface area contributed by atoms with Gasteiger partial charge in [-0.25, -0.2) is 9.07 Å². The first-order chi connectivity index (χ1) is 10.9. The lowest BCUT2D eigenvalue weighted by molar-refractivity contribution is -0.143. The van der Waals surface area contributed by atoms with Gasteiger partial charge in [0.05, 0.1) is 16.8 Å². The van der Waals surface area contributed by atoms with E-state index in [0.717, 1.165) is 18.5 Å². The number of halogens is 2. The van der Waals surface area contributed by atoms with Crippen LogP contribution in [0.1, 0.15) is 32.9 Å². The molecule has 0 saturated heterocycles. The third-order valence-corrected chi connectivity index (χ3v) is 4.04. The summed E-state index contributed by atoms with van der Waals surface area (Å²) in [6.45, 7) is 5.44. The zero-order valence-corrected chi connectivity index (χ0v) is 14.2. The second-order valence-electron chi connectivity index (χ2n) is 6.02. The fraction of sp³-hybridized carbons (Fsp3) is 0.412. The van der Waals surface area contributed by atoms with Gasteiger partial charge in [0.2, 0.25) is 5.88 Å². The third kappa shape index (κ3) is 4.10. The van der Waals surface area contributed by atoms with Crippen LogP contribution in [0.4, 0.5) is 4.39 Å². The van der Waals surface area contributed by atoms with E-state index in [-0.39, 0.29) is 17.6 Å². The number of benzene rings is 1. The summed E-state index contributed by atoms with van der Waals surface area (Å²) in [5.74, 6) is -0.425. The van der Waals surface area contributed by atoms with Crippen molar-refractivity contribution < 1.29 is 13.9 Å². The summed E-state index contributed by atoms with van der Waals surface area (Å²) in [4.78, 5) is 12.3. The summed E-state index contributed by atoms with van der Waals surface area (Å²) >= 11 is 5.81. The molecule has 0 spiro atoms. The number of alkyl halides is 1. The van der Waals surface area contributed by atoms with Crippen molar-refractivity contribution in [1.29, 1.82) is 0 Å². The van der Waals surface area contributed by atoms with Crippen molar-refractivity contribution in [2.45, 2.75) is 33.6 Å². The van der Waals surface area contributed by atoms with Gasteiger partial charge in [0, 0.05) is 11.9 Å². The van der Waals surface area contributed by atoms with Gasteiger partial charge in [0.15, 0.2) is 0 Å². The highest BCUT2D eigenvalue weighted by molar-refractivity contribution is 6.19. The van der Waals surface area contributed by atoms with Gasteiger partial charge in [-0.3, -0.25) is 4.79 Å². The van der Waals surface area contributed by atoms with E-state index in [1.807, 2.05) is 6.92 Å². The Morgan fingerprint density at radius 1 is 1.39 bits per heavy atom. The monoisotopic (exact) mass is 338 g/mol. The molecule has 0 bridgehead atoms. The molecule has 0 fully saturated rings. The highest BCUT2D eigenvalue weighted by Crippen LogP contribution is 2.25. The van der Waals surface area contributed by atoms with E-state index in [1.165, 1.54) is 16.8 Å². The van der Waals surface area contributed by atoms with Crippen LogP contribution in [0.5, 0.6) is 5.88 Å². The fourth-order valence-corrected chi connectivity index (χ4v) is 2.05. The minimum atomic E-state index is -0.816. The van der Waals surface area contributed by atoms with Gasteiger partial charge in [0.25, 0.3) is 0 Å². The van der Waals surface area contributed by atoms with Crippen molar-refractivity contribution in [3.8, 4) is 11.6 Å². The summed E-state index contributed by atoms with van der Waals surface area (Å²) in [7, 11) is 0. The Bertz CT molecular complexity index is 698. The number of carbonyl (C=O) groups is 1. The highest BCUT2D eigenvalue weighted by atomic mass is 35.5. The van der Waals surface area contributed by atoms with Crippen LogP contribution in [0.3, 0.4) is 0 Å². The maximum absolute atomic E-state index is 13.5. The molecule has 0 aliphatic heterocycles. The topological polar surface area (TPSA) is 44.1 Å². The number of hydrogen-bond acceptors (Lipinski definition) is 3. The summed E-state index contributed by atoms with van der Waals surface area (Å²) in [5, 5.41) is 4.41. The molecule has 124 valence electrons. The maximum Gasteiger partial charge on any atom is 0.319 e. The number of hydrogen-bond donors (Lipinski definition) is 0.